The van der Waals surface area contributed by atoms with E-state index in [-0.39, 0.29) is 54.3 Å². The highest BCUT2D eigenvalue weighted by molar-refractivity contribution is 9.08. The van der Waals surface area contributed by atoms with Crippen LogP contribution in [0.15, 0.2) is 121 Å². The first-order chi connectivity index (χ1) is 52.3. The molecule has 0 aromatic heterocycles. The predicted octanol–water partition coefficient (Wildman–Crippen LogP) is 16.5. The Kier molecular flexibility index (Phi) is 32.0. The molecule has 0 bridgehead atoms. The van der Waals surface area contributed by atoms with Crippen LogP contribution in [0.3, 0.4) is 0 Å². The van der Waals surface area contributed by atoms with Gasteiger partial charge in [0, 0.05) is 44.6 Å². The molecule has 5 aromatic rings. The van der Waals surface area contributed by atoms with Gasteiger partial charge in [-0.05, 0) is 222 Å². The normalized spacial score (nSPS) is 19.9. The second-order valence-corrected chi connectivity index (χ2v) is 32.9. The van der Waals surface area contributed by atoms with Crippen molar-refractivity contribution in [2.75, 3.05) is 66.6 Å². The largest absolute Gasteiger partial charge is 0.469 e. The Balaban J connectivity index is 0.000000197. The lowest BCUT2D eigenvalue weighted by molar-refractivity contribution is -0.156. The Morgan fingerprint density at radius 1 is 0.427 bits per heavy atom. The van der Waals surface area contributed by atoms with Crippen molar-refractivity contribution in [3.8, 4) is 30.3 Å². The van der Waals surface area contributed by atoms with Gasteiger partial charge in [-0.3, -0.25) is 9.59 Å². The first-order valence-electron chi connectivity index (χ1n) is 38.3. The molecule has 6 fully saturated rings. The molecule has 4 saturated heterocycles. The third-order valence-electron chi connectivity index (χ3n) is 21.3. The first kappa shape index (κ1) is 87.9. The third kappa shape index (κ3) is 24.1. The van der Waals surface area contributed by atoms with Crippen molar-refractivity contribution in [2.24, 2.45) is 11.8 Å². The van der Waals surface area contributed by atoms with E-state index in [1.807, 2.05) is 191 Å². The molecule has 1 N–H and O–H groups in total. The molecule has 4 aliphatic heterocycles. The summed E-state index contributed by atoms with van der Waals surface area (Å²) in [5.74, 6) is -0.424. The van der Waals surface area contributed by atoms with E-state index < -0.39 is 38.5 Å². The van der Waals surface area contributed by atoms with Crippen LogP contribution in [-0.4, -0.2) is 141 Å². The van der Waals surface area contributed by atoms with Crippen LogP contribution < -0.4 is 5.32 Å². The van der Waals surface area contributed by atoms with E-state index in [0.29, 0.717) is 110 Å². The number of halogens is 1. The molecule has 21 nitrogen and oxygen atoms in total. The molecule has 588 valence electrons. The standard InChI is InChI=1S/C24H32N2O5.C19H24N2O3.C18H23BrN2O2.C18H24N2O2.C9H9N/c1-23(2,3)31-22(28)26-11-9-24(16-25,10-12-26)20-8-6-5-7-17(20)15-30-19-13-18(14-19)21(27)29-4;1-23-18(22)15-10-16(11-15)24-12-14-4-2-3-5-17(14)19(13-20)6-8-21-9-7-19;1-17(2,3)23-16(22)21-10-8-18(13-20,9-11-21)15-7-5-4-6-14(15)12-19;1-14-7-5-6-8-15(14)18(13-19)9-11-20(12-10-18)16(21)22-17(2,3)4;1-8-4-2-3-5-9(8)6-7-10/h5-8,18-19H,9-15H2,1-4H3;2-5,15-16,21H,6-12H2,1H3;4-7H,8-12H2,1-3H3;5-8H,9-12H2,1-4H3;2-5H,6H2,1H3. The van der Waals surface area contributed by atoms with Crippen molar-refractivity contribution in [3.05, 3.63) is 177 Å². The lowest BCUT2D eigenvalue weighted by atomic mass is 9.72. The molecule has 3 amide bonds. The summed E-state index contributed by atoms with van der Waals surface area (Å²) in [6.07, 6.45) is 7.84. The number of hydrogen-bond donors (Lipinski definition) is 1. The molecular weight excluding hydrogens is 1450 g/mol. The summed E-state index contributed by atoms with van der Waals surface area (Å²) in [7, 11) is 2.83. The molecule has 11 rings (SSSR count). The van der Waals surface area contributed by atoms with Gasteiger partial charge in [0.2, 0.25) is 0 Å². The van der Waals surface area contributed by atoms with Gasteiger partial charge in [-0.2, -0.15) is 26.3 Å². The Morgan fingerprint density at radius 2 is 0.718 bits per heavy atom. The number of alkyl halides is 1. The molecule has 22 heteroatoms. The molecule has 5 aromatic carbocycles. The van der Waals surface area contributed by atoms with Crippen molar-refractivity contribution in [3.63, 3.8) is 0 Å². The van der Waals surface area contributed by atoms with Gasteiger partial charge in [0.25, 0.3) is 0 Å². The van der Waals surface area contributed by atoms with E-state index in [4.69, 9.17) is 38.4 Å². The van der Waals surface area contributed by atoms with Crippen molar-refractivity contribution < 1.29 is 57.1 Å². The number of rotatable bonds is 14. The fourth-order valence-electron chi connectivity index (χ4n) is 14.7. The molecule has 2 aliphatic carbocycles. The van der Waals surface area contributed by atoms with Gasteiger partial charge in [-0.25, -0.2) is 14.4 Å². The number of nitrogens with zero attached hydrogens (tertiary/aromatic N) is 8. The molecule has 0 radical (unpaired) electrons. The number of carbonyl (C=O) groups excluding carboxylic acids is 5. The molecule has 6 aliphatic rings. The number of esters is 2. The molecule has 0 spiro atoms. The number of nitrogens with one attached hydrogen (secondary N) is 1. The monoisotopic (exact) mass is 1570 g/mol. The zero-order valence-corrected chi connectivity index (χ0v) is 68.3. The second-order valence-electron chi connectivity index (χ2n) is 32.4. The van der Waals surface area contributed by atoms with Gasteiger partial charge >= 0.3 is 30.2 Å². The predicted molar refractivity (Wildman–Crippen MR) is 423 cm³/mol. The van der Waals surface area contributed by atoms with Gasteiger partial charge in [-0.1, -0.05) is 137 Å². The minimum absolute atomic E-state index is 0.0230. The van der Waals surface area contributed by atoms with Crippen molar-refractivity contribution in [1.29, 1.82) is 26.3 Å². The van der Waals surface area contributed by atoms with Gasteiger partial charge in [-0.15, -0.1) is 0 Å². The topological polar surface area (TPSA) is 291 Å². The summed E-state index contributed by atoms with van der Waals surface area (Å²) < 4.78 is 37.8. The number of piperidine rings is 4. The highest BCUT2D eigenvalue weighted by atomic mass is 79.9. The zero-order valence-electron chi connectivity index (χ0n) is 66.7. The number of amides is 3. The smallest absolute Gasteiger partial charge is 0.410 e. The Labute approximate surface area is 660 Å². The highest BCUT2D eigenvalue weighted by Crippen LogP contribution is 2.43. The number of benzene rings is 5. The quantitative estimate of drug-likeness (QED) is 0.0614. The fourth-order valence-corrected chi connectivity index (χ4v) is 15.2. The van der Waals surface area contributed by atoms with Crippen molar-refractivity contribution >= 4 is 46.1 Å². The SMILES string of the molecule is CC(C)(C)OC(=O)N1CCC(C#N)(c2ccccc2CBr)CC1.COC(=O)C1CC(OCc2ccccc2C2(C#N)CCN(C(=O)OC(C)(C)C)CC2)C1.COC(=O)C1CC(OCc2ccccc2C2(C#N)CCNCC2)C1.Cc1ccccc1C1(C#N)CCN(C(=O)OC(C)(C)C)CC1.Cc1ccccc1CC#N. The molecular formula is C88H112BrN9O12. The molecule has 110 heavy (non-hydrogen) atoms. The van der Waals surface area contributed by atoms with Gasteiger partial charge in [0.05, 0.1) is 110 Å². The van der Waals surface area contributed by atoms with Gasteiger partial charge < -0.3 is 53.2 Å². The van der Waals surface area contributed by atoms with Crippen LogP contribution in [0.1, 0.15) is 195 Å². The minimum atomic E-state index is -0.660. The summed E-state index contributed by atoms with van der Waals surface area (Å²) in [4.78, 5) is 64.8. The van der Waals surface area contributed by atoms with E-state index in [2.05, 4.69) is 57.7 Å². The molecule has 2 saturated carbocycles. The lowest BCUT2D eigenvalue weighted by Crippen LogP contribution is -2.46. The number of likely N-dealkylation sites (tertiary alicyclic amines) is 3. The van der Waals surface area contributed by atoms with Crippen LogP contribution in [0, 0.1) is 82.3 Å². The Morgan fingerprint density at radius 3 is 1.03 bits per heavy atom. The Bertz CT molecular complexity index is 4120. The van der Waals surface area contributed by atoms with E-state index >= 15 is 0 Å². The summed E-state index contributed by atoms with van der Waals surface area (Å²) >= 11 is 3.50. The van der Waals surface area contributed by atoms with E-state index in [0.717, 1.165) is 94.2 Å². The van der Waals surface area contributed by atoms with E-state index in [1.54, 1.807) is 14.7 Å². The Hall–Kier alpha value is -9.34. The number of nitriles is 5. The highest BCUT2D eigenvalue weighted by Gasteiger charge is 2.45. The second kappa shape index (κ2) is 40.0. The van der Waals surface area contributed by atoms with E-state index in [9.17, 15) is 45.0 Å². The van der Waals surface area contributed by atoms with Crippen LogP contribution in [0.25, 0.3) is 0 Å². The molecule has 4 heterocycles. The molecule has 0 atom stereocenters. The maximum Gasteiger partial charge on any atom is 0.410 e. The summed E-state index contributed by atoms with van der Waals surface area (Å²) in [5, 5.41) is 51.9. The zero-order chi connectivity index (χ0) is 80.5. The van der Waals surface area contributed by atoms with E-state index in [1.165, 1.54) is 19.8 Å². The number of hydrogen-bond acceptors (Lipinski definition) is 18. The summed E-state index contributed by atoms with van der Waals surface area (Å²) in [6, 6.07) is 52.2. The lowest BCUT2D eigenvalue weighted by Gasteiger charge is -2.39. The van der Waals surface area contributed by atoms with Crippen LogP contribution in [-0.2, 0) is 89.4 Å². The maximum atomic E-state index is 12.4. The van der Waals surface area contributed by atoms with Crippen LogP contribution in [0.2, 0.25) is 0 Å². The van der Waals surface area contributed by atoms with Crippen LogP contribution in [0.5, 0.6) is 0 Å². The first-order valence-corrected chi connectivity index (χ1v) is 39.4. The average Bonchev–Trinajstić information content (AvgIpc) is 0.814. The summed E-state index contributed by atoms with van der Waals surface area (Å²) in [6.45, 7) is 26.5. The fraction of sp³-hybridized carbons (Fsp3) is 0.545. The van der Waals surface area contributed by atoms with Crippen molar-refractivity contribution in [2.45, 2.75) is 229 Å². The van der Waals surface area contributed by atoms with Crippen LogP contribution >= 0.6 is 15.9 Å². The third-order valence-corrected chi connectivity index (χ3v) is 21.9. The van der Waals surface area contributed by atoms with Crippen LogP contribution in [0.4, 0.5) is 14.4 Å². The van der Waals surface area contributed by atoms with Gasteiger partial charge in [0.1, 0.15) is 16.8 Å². The number of methoxy groups -OCH3 is 2. The molecule has 0 unspecified atom stereocenters. The number of aryl methyl sites for hydroxylation is 2. The van der Waals surface area contributed by atoms with Crippen molar-refractivity contribution in [1.82, 2.24) is 20.0 Å². The minimum Gasteiger partial charge on any atom is -0.469 e. The van der Waals surface area contributed by atoms with Gasteiger partial charge in [0.15, 0.2) is 0 Å². The summed E-state index contributed by atoms with van der Waals surface area (Å²) in [5.41, 5.74) is 7.26. The maximum absolute atomic E-state index is 12.4. The number of ether oxygens (including phenoxy) is 7. The average molecular weight is 1570 g/mol. The number of carbonyl (C=O) groups is 5.